The molecule has 1 aliphatic rings. The minimum Gasteiger partial charge on any atom is -0.302 e. The van der Waals surface area contributed by atoms with Crippen molar-refractivity contribution in [3.8, 4) is 11.3 Å². The van der Waals surface area contributed by atoms with Crippen molar-refractivity contribution >= 4 is 0 Å². The highest BCUT2D eigenvalue weighted by molar-refractivity contribution is 5.59. The number of hydrogen-bond acceptors (Lipinski definition) is 2. The predicted octanol–water partition coefficient (Wildman–Crippen LogP) is 2.18. The molecule has 4 heteroatoms. The number of nitrogens with zero attached hydrogens (tertiary/aromatic N) is 3. The quantitative estimate of drug-likeness (QED) is 0.790. The van der Waals surface area contributed by atoms with Crippen molar-refractivity contribution in [1.82, 2.24) is 14.7 Å². The van der Waals surface area contributed by atoms with Gasteiger partial charge in [0.25, 0.3) is 0 Å². The van der Waals surface area contributed by atoms with Crippen molar-refractivity contribution in [3.63, 3.8) is 0 Å². The normalized spacial score (nSPS) is 17.1. The Hall–Kier alpha value is -1.68. The molecule has 3 rings (SSSR count). The van der Waals surface area contributed by atoms with Crippen molar-refractivity contribution in [2.24, 2.45) is 0 Å². The first-order valence-corrected chi connectivity index (χ1v) is 5.72. The first-order valence-electron chi connectivity index (χ1n) is 5.72. The first kappa shape index (κ1) is 10.5. The molecule has 0 radical (unpaired) electrons. The molecule has 0 aliphatic carbocycles. The van der Waals surface area contributed by atoms with Crippen molar-refractivity contribution in [1.29, 1.82) is 0 Å². The second-order valence-electron chi connectivity index (χ2n) is 4.55. The van der Waals surface area contributed by atoms with Gasteiger partial charge in [0, 0.05) is 24.8 Å². The van der Waals surface area contributed by atoms with Crippen LogP contribution in [0.3, 0.4) is 0 Å². The summed E-state index contributed by atoms with van der Waals surface area (Å²) in [4.78, 5) is 2.24. The molecule has 0 N–H and O–H groups in total. The molecule has 1 aliphatic heterocycles. The van der Waals surface area contributed by atoms with Gasteiger partial charge in [0.2, 0.25) is 0 Å². The summed E-state index contributed by atoms with van der Waals surface area (Å²) in [6, 6.07) is 9.01. The van der Waals surface area contributed by atoms with E-state index in [-0.39, 0.29) is 5.82 Å². The van der Waals surface area contributed by atoms with Crippen LogP contribution >= 0.6 is 0 Å². The Kier molecular flexibility index (Phi) is 2.44. The van der Waals surface area contributed by atoms with Gasteiger partial charge in [0.1, 0.15) is 5.82 Å². The minimum absolute atomic E-state index is 0.207. The third kappa shape index (κ3) is 1.85. The summed E-state index contributed by atoms with van der Waals surface area (Å²) in [5.41, 5.74) is 1.87. The molecule has 2 aromatic rings. The fraction of sp³-hybridized carbons (Fsp3) is 0.308. The highest BCUT2D eigenvalue weighted by Gasteiger charge is 2.27. The smallest absolute Gasteiger partial charge is 0.123 e. The molecule has 0 atom stereocenters. The molecule has 88 valence electrons. The molecular weight excluding hydrogens is 217 g/mol. The number of benzene rings is 1. The second-order valence-corrected chi connectivity index (χ2v) is 4.55. The van der Waals surface area contributed by atoms with E-state index in [4.69, 9.17) is 0 Å². The van der Waals surface area contributed by atoms with Crippen LogP contribution in [0.4, 0.5) is 4.39 Å². The summed E-state index contributed by atoms with van der Waals surface area (Å²) in [7, 11) is 2.09. The standard InChI is InChI=1S/C13H14FN3/c1-16-8-12(9-16)17-13(5-6-15-17)10-3-2-4-11(14)7-10/h2-7,12H,8-9H2,1H3. The van der Waals surface area contributed by atoms with Crippen LogP contribution in [0.1, 0.15) is 6.04 Å². The van der Waals surface area contributed by atoms with E-state index >= 15 is 0 Å². The summed E-state index contributed by atoms with van der Waals surface area (Å²) in [5, 5.41) is 4.35. The molecule has 0 bridgehead atoms. The highest BCUT2D eigenvalue weighted by Crippen LogP contribution is 2.26. The Bertz CT molecular complexity index is 529. The SMILES string of the molecule is CN1CC(n2nccc2-c2cccc(F)c2)C1. The van der Waals surface area contributed by atoms with Gasteiger partial charge in [-0.25, -0.2) is 4.39 Å². The summed E-state index contributed by atoms with van der Waals surface area (Å²) in [6.07, 6.45) is 1.78. The van der Waals surface area contributed by atoms with Gasteiger partial charge >= 0.3 is 0 Å². The second kappa shape index (κ2) is 3.96. The van der Waals surface area contributed by atoms with Crippen LogP contribution in [0.15, 0.2) is 36.5 Å². The van der Waals surface area contributed by atoms with E-state index in [2.05, 4.69) is 17.0 Å². The Labute approximate surface area is 99.5 Å². The van der Waals surface area contributed by atoms with Crippen LogP contribution in [-0.2, 0) is 0 Å². The molecule has 0 unspecified atom stereocenters. The molecule has 1 aromatic carbocycles. The third-order valence-corrected chi connectivity index (χ3v) is 3.18. The predicted molar refractivity (Wildman–Crippen MR) is 64.2 cm³/mol. The van der Waals surface area contributed by atoms with Crippen LogP contribution in [0.2, 0.25) is 0 Å². The van der Waals surface area contributed by atoms with E-state index in [1.54, 1.807) is 18.3 Å². The van der Waals surface area contributed by atoms with E-state index in [9.17, 15) is 4.39 Å². The Balaban J connectivity index is 1.96. The lowest BCUT2D eigenvalue weighted by Gasteiger charge is -2.37. The average molecular weight is 231 g/mol. The maximum atomic E-state index is 13.2. The van der Waals surface area contributed by atoms with Crippen LogP contribution in [-0.4, -0.2) is 34.8 Å². The van der Waals surface area contributed by atoms with Crippen LogP contribution < -0.4 is 0 Å². The van der Waals surface area contributed by atoms with Gasteiger partial charge in [-0.3, -0.25) is 4.68 Å². The van der Waals surface area contributed by atoms with Gasteiger partial charge in [-0.15, -0.1) is 0 Å². The van der Waals surface area contributed by atoms with Gasteiger partial charge in [-0.1, -0.05) is 12.1 Å². The molecule has 3 nitrogen and oxygen atoms in total. The maximum Gasteiger partial charge on any atom is 0.123 e. The Morgan fingerprint density at radius 1 is 1.29 bits per heavy atom. The number of hydrogen-bond donors (Lipinski definition) is 0. The fourth-order valence-electron chi connectivity index (χ4n) is 2.30. The lowest BCUT2D eigenvalue weighted by Crippen LogP contribution is -2.45. The van der Waals surface area contributed by atoms with Gasteiger partial charge in [-0.2, -0.15) is 5.10 Å². The van der Waals surface area contributed by atoms with Gasteiger partial charge in [0.15, 0.2) is 0 Å². The maximum absolute atomic E-state index is 13.2. The van der Waals surface area contributed by atoms with E-state index in [1.165, 1.54) is 6.07 Å². The average Bonchev–Trinajstić information content (AvgIpc) is 2.73. The molecule has 0 saturated carbocycles. The lowest BCUT2D eigenvalue weighted by molar-refractivity contribution is 0.132. The van der Waals surface area contributed by atoms with Crippen molar-refractivity contribution in [3.05, 3.63) is 42.3 Å². The third-order valence-electron chi connectivity index (χ3n) is 3.18. The van der Waals surface area contributed by atoms with E-state index in [0.717, 1.165) is 24.3 Å². The van der Waals surface area contributed by atoms with E-state index in [1.807, 2.05) is 16.8 Å². The lowest BCUT2D eigenvalue weighted by atomic mass is 10.1. The molecule has 1 fully saturated rings. The van der Waals surface area contributed by atoms with Crippen LogP contribution in [0.5, 0.6) is 0 Å². The zero-order valence-corrected chi connectivity index (χ0v) is 9.68. The zero-order valence-electron chi connectivity index (χ0n) is 9.68. The van der Waals surface area contributed by atoms with Crippen molar-refractivity contribution < 1.29 is 4.39 Å². The Morgan fingerprint density at radius 2 is 2.12 bits per heavy atom. The molecular formula is C13H14FN3. The summed E-state index contributed by atoms with van der Waals surface area (Å²) in [5.74, 6) is -0.207. The molecule has 0 amide bonds. The summed E-state index contributed by atoms with van der Waals surface area (Å²) < 4.78 is 15.2. The van der Waals surface area contributed by atoms with Crippen molar-refractivity contribution in [2.45, 2.75) is 6.04 Å². The first-order chi connectivity index (χ1) is 8.24. The summed E-state index contributed by atoms with van der Waals surface area (Å²) in [6.45, 7) is 2.01. The molecule has 0 spiro atoms. The molecule has 2 heterocycles. The molecule has 17 heavy (non-hydrogen) atoms. The number of halogens is 1. The summed E-state index contributed by atoms with van der Waals surface area (Å²) >= 11 is 0. The number of rotatable bonds is 2. The highest BCUT2D eigenvalue weighted by atomic mass is 19.1. The van der Waals surface area contributed by atoms with Gasteiger partial charge in [-0.05, 0) is 25.2 Å². The van der Waals surface area contributed by atoms with Gasteiger partial charge in [0.05, 0.1) is 11.7 Å². The van der Waals surface area contributed by atoms with Gasteiger partial charge < -0.3 is 4.90 Å². The number of aromatic nitrogens is 2. The zero-order chi connectivity index (χ0) is 11.8. The van der Waals surface area contributed by atoms with Crippen molar-refractivity contribution in [2.75, 3.05) is 20.1 Å². The molecule has 1 saturated heterocycles. The topological polar surface area (TPSA) is 21.1 Å². The van der Waals surface area contributed by atoms with E-state index in [0.29, 0.717) is 6.04 Å². The number of likely N-dealkylation sites (tertiary alicyclic amines) is 1. The number of likely N-dealkylation sites (N-methyl/N-ethyl adjacent to an activating group) is 1. The fourth-order valence-corrected chi connectivity index (χ4v) is 2.30. The van der Waals surface area contributed by atoms with Crippen LogP contribution in [0.25, 0.3) is 11.3 Å². The minimum atomic E-state index is -0.207. The Morgan fingerprint density at radius 3 is 2.82 bits per heavy atom. The largest absolute Gasteiger partial charge is 0.302 e. The molecule has 1 aromatic heterocycles. The van der Waals surface area contributed by atoms with Crippen LogP contribution in [0, 0.1) is 5.82 Å². The monoisotopic (exact) mass is 231 g/mol. The van der Waals surface area contributed by atoms with E-state index < -0.39 is 0 Å².